The highest BCUT2D eigenvalue weighted by Gasteiger charge is 2.60. The zero-order valence-corrected chi connectivity index (χ0v) is 9.10. The molecule has 1 aromatic carbocycles. The van der Waals surface area contributed by atoms with Gasteiger partial charge in [0.1, 0.15) is 11.3 Å². The summed E-state index contributed by atoms with van der Waals surface area (Å²) in [5, 5.41) is 18.4. The van der Waals surface area contributed by atoms with Gasteiger partial charge in [0.05, 0.1) is 0 Å². The van der Waals surface area contributed by atoms with E-state index in [1.54, 1.807) is 31.2 Å². The minimum absolute atomic E-state index is 0.175. The van der Waals surface area contributed by atoms with Crippen LogP contribution in [0.5, 0.6) is 5.75 Å². The summed E-state index contributed by atoms with van der Waals surface area (Å²) in [6.45, 7) is 1.55. The van der Waals surface area contributed by atoms with E-state index < -0.39 is 16.9 Å². The van der Waals surface area contributed by atoms with Crippen molar-refractivity contribution in [3.8, 4) is 5.75 Å². The first-order valence-corrected chi connectivity index (χ1v) is 5.22. The molecule has 1 aromatic rings. The van der Waals surface area contributed by atoms with E-state index in [2.05, 4.69) is 0 Å². The fourth-order valence-electron chi connectivity index (χ4n) is 2.22. The van der Waals surface area contributed by atoms with Crippen molar-refractivity contribution in [3.05, 3.63) is 29.8 Å². The Morgan fingerprint density at radius 2 is 1.88 bits per heavy atom. The molecule has 0 aromatic heterocycles. The lowest BCUT2D eigenvalue weighted by atomic mass is 9.78. The maximum absolute atomic E-state index is 11.2. The number of carbonyl (C=O) groups is 1. The summed E-state index contributed by atoms with van der Waals surface area (Å²) >= 11 is 0. The van der Waals surface area contributed by atoms with Crippen LogP contribution in [0.25, 0.3) is 0 Å². The molecule has 4 N–H and O–H groups in total. The van der Waals surface area contributed by atoms with Crippen LogP contribution in [0.4, 0.5) is 0 Å². The first-order valence-electron chi connectivity index (χ1n) is 5.22. The number of aromatic hydroxyl groups is 1. The predicted molar refractivity (Wildman–Crippen MR) is 59.2 cm³/mol. The van der Waals surface area contributed by atoms with E-state index in [9.17, 15) is 9.90 Å². The van der Waals surface area contributed by atoms with Gasteiger partial charge in [-0.3, -0.25) is 4.79 Å². The molecule has 1 aliphatic carbocycles. The summed E-state index contributed by atoms with van der Waals surface area (Å²) in [6, 6.07) is 6.62. The topological polar surface area (TPSA) is 83.6 Å². The average molecular weight is 221 g/mol. The van der Waals surface area contributed by atoms with Gasteiger partial charge in [-0.05, 0) is 37.5 Å². The van der Waals surface area contributed by atoms with E-state index in [0.717, 1.165) is 18.4 Å². The fraction of sp³-hybridized carbons (Fsp3) is 0.417. The van der Waals surface area contributed by atoms with Gasteiger partial charge < -0.3 is 15.9 Å². The molecule has 4 nitrogen and oxygen atoms in total. The van der Waals surface area contributed by atoms with E-state index in [4.69, 9.17) is 10.8 Å². The van der Waals surface area contributed by atoms with Gasteiger partial charge in [-0.15, -0.1) is 0 Å². The number of benzene rings is 1. The Morgan fingerprint density at radius 1 is 1.38 bits per heavy atom. The first kappa shape index (κ1) is 11.0. The third-order valence-electron chi connectivity index (χ3n) is 3.61. The van der Waals surface area contributed by atoms with Gasteiger partial charge in [0.15, 0.2) is 0 Å². The van der Waals surface area contributed by atoms with Crippen LogP contribution in [0.1, 0.15) is 25.3 Å². The van der Waals surface area contributed by atoms with Crippen LogP contribution in [0.15, 0.2) is 24.3 Å². The molecule has 0 radical (unpaired) electrons. The largest absolute Gasteiger partial charge is 0.508 e. The highest BCUT2D eigenvalue weighted by Crippen LogP contribution is 2.55. The Labute approximate surface area is 93.7 Å². The van der Waals surface area contributed by atoms with Gasteiger partial charge in [0.2, 0.25) is 0 Å². The fourth-order valence-corrected chi connectivity index (χ4v) is 2.22. The minimum atomic E-state index is -1.26. The number of carboxylic acid groups (broad SMARTS) is 1. The molecule has 4 heteroatoms. The number of hydrogen-bond acceptors (Lipinski definition) is 3. The van der Waals surface area contributed by atoms with Crippen molar-refractivity contribution in [2.45, 2.75) is 30.7 Å². The summed E-state index contributed by atoms with van der Waals surface area (Å²) in [6.07, 6.45) is 1.55. The molecule has 16 heavy (non-hydrogen) atoms. The lowest BCUT2D eigenvalue weighted by Crippen LogP contribution is -2.54. The van der Waals surface area contributed by atoms with Crippen molar-refractivity contribution in [3.63, 3.8) is 0 Å². The summed E-state index contributed by atoms with van der Waals surface area (Å²) in [7, 11) is 0. The molecule has 2 rings (SSSR count). The van der Waals surface area contributed by atoms with Crippen LogP contribution in [0.2, 0.25) is 0 Å². The van der Waals surface area contributed by atoms with Gasteiger partial charge in [-0.1, -0.05) is 12.1 Å². The lowest BCUT2D eigenvalue weighted by molar-refractivity contribution is -0.144. The Hall–Kier alpha value is -1.55. The molecule has 1 fully saturated rings. The predicted octanol–water partition coefficient (Wildman–Crippen LogP) is 1.23. The zero-order chi connectivity index (χ0) is 12.0. The zero-order valence-electron chi connectivity index (χ0n) is 9.10. The van der Waals surface area contributed by atoms with Crippen LogP contribution in [0, 0.1) is 0 Å². The maximum atomic E-state index is 11.2. The maximum Gasteiger partial charge on any atom is 0.324 e. The van der Waals surface area contributed by atoms with Crippen LogP contribution < -0.4 is 5.73 Å². The van der Waals surface area contributed by atoms with Crippen LogP contribution in [0.3, 0.4) is 0 Å². The van der Waals surface area contributed by atoms with Crippen molar-refractivity contribution in [1.29, 1.82) is 0 Å². The molecule has 0 spiro atoms. The van der Waals surface area contributed by atoms with Crippen LogP contribution in [-0.2, 0) is 10.2 Å². The molecule has 1 unspecified atom stereocenters. The van der Waals surface area contributed by atoms with Crippen molar-refractivity contribution < 1.29 is 15.0 Å². The van der Waals surface area contributed by atoms with Crippen molar-refractivity contribution in [1.82, 2.24) is 0 Å². The Morgan fingerprint density at radius 3 is 2.25 bits per heavy atom. The van der Waals surface area contributed by atoms with Crippen molar-refractivity contribution in [2.24, 2.45) is 5.73 Å². The summed E-state index contributed by atoms with van der Waals surface area (Å²) in [4.78, 5) is 11.2. The van der Waals surface area contributed by atoms with Gasteiger partial charge in [-0.2, -0.15) is 0 Å². The molecule has 86 valence electrons. The van der Waals surface area contributed by atoms with Gasteiger partial charge in [-0.25, -0.2) is 0 Å². The standard InChI is InChI=1S/C12H15NO3/c1-11(13,10(15)16)12(6-7-12)8-2-4-9(14)5-3-8/h2-5,14H,6-7,13H2,1H3,(H,15,16). The number of aliphatic carboxylic acids is 1. The molecular formula is C12H15NO3. The van der Waals surface area contributed by atoms with Crippen LogP contribution in [-0.4, -0.2) is 21.7 Å². The SMILES string of the molecule is CC(N)(C(=O)O)C1(c2ccc(O)cc2)CC1. The van der Waals surface area contributed by atoms with Crippen LogP contribution >= 0.6 is 0 Å². The summed E-state index contributed by atoms with van der Waals surface area (Å²) in [5.41, 5.74) is 5.06. The van der Waals surface area contributed by atoms with Gasteiger partial charge in [0, 0.05) is 5.41 Å². The van der Waals surface area contributed by atoms with E-state index in [1.165, 1.54) is 0 Å². The Bertz CT molecular complexity index is 418. The molecule has 0 heterocycles. The van der Waals surface area contributed by atoms with Gasteiger partial charge >= 0.3 is 5.97 Å². The Balaban J connectivity index is 2.40. The second-order valence-electron chi connectivity index (χ2n) is 4.64. The average Bonchev–Trinajstić information content (AvgIpc) is 2.99. The van der Waals surface area contributed by atoms with E-state index >= 15 is 0 Å². The number of phenols is 1. The number of phenolic OH excluding ortho intramolecular Hbond substituents is 1. The summed E-state index contributed by atoms with van der Waals surface area (Å²) < 4.78 is 0. The molecule has 0 amide bonds. The number of rotatable bonds is 3. The molecule has 0 aliphatic heterocycles. The molecule has 0 saturated heterocycles. The van der Waals surface area contributed by atoms with E-state index in [-0.39, 0.29) is 5.75 Å². The van der Waals surface area contributed by atoms with Gasteiger partial charge in [0.25, 0.3) is 0 Å². The van der Waals surface area contributed by atoms with E-state index in [0.29, 0.717) is 0 Å². The molecular weight excluding hydrogens is 206 g/mol. The molecule has 1 saturated carbocycles. The normalized spacial score (nSPS) is 21.1. The van der Waals surface area contributed by atoms with E-state index in [1.807, 2.05) is 0 Å². The highest BCUT2D eigenvalue weighted by atomic mass is 16.4. The minimum Gasteiger partial charge on any atom is -0.508 e. The second kappa shape index (κ2) is 3.22. The summed E-state index contributed by atoms with van der Waals surface area (Å²) in [5.74, 6) is -0.813. The first-order chi connectivity index (χ1) is 7.40. The van der Waals surface area contributed by atoms with Crippen molar-refractivity contribution >= 4 is 5.97 Å². The number of hydrogen-bond donors (Lipinski definition) is 3. The third kappa shape index (κ3) is 1.38. The number of carboxylic acids is 1. The van der Waals surface area contributed by atoms with Crippen molar-refractivity contribution in [2.75, 3.05) is 0 Å². The molecule has 1 atom stereocenters. The quantitative estimate of drug-likeness (QED) is 0.716. The smallest absolute Gasteiger partial charge is 0.324 e. The molecule has 1 aliphatic rings. The highest BCUT2D eigenvalue weighted by molar-refractivity contribution is 5.82. The lowest BCUT2D eigenvalue weighted by Gasteiger charge is -2.30. The molecule has 0 bridgehead atoms. The number of nitrogens with two attached hydrogens (primary N) is 1. The second-order valence-corrected chi connectivity index (χ2v) is 4.64. The third-order valence-corrected chi connectivity index (χ3v) is 3.61. The monoisotopic (exact) mass is 221 g/mol. The Kier molecular flexibility index (Phi) is 2.20.